The summed E-state index contributed by atoms with van der Waals surface area (Å²) in [6.45, 7) is 5.06. The number of rotatable bonds is 7. The molecule has 4 aromatic rings. The summed E-state index contributed by atoms with van der Waals surface area (Å²) in [6.07, 6.45) is 2.37. The summed E-state index contributed by atoms with van der Waals surface area (Å²) in [5.41, 5.74) is 0.847. The van der Waals surface area contributed by atoms with Crippen LogP contribution in [0.4, 0.5) is 11.4 Å². The van der Waals surface area contributed by atoms with Crippen molar-refractivity contribution in [1.82, 2.24) is 14.7 Å². The lowest BCUT2D eigenvalue weighted by Crippen LogP contribution is -2.46. The molecule has 0 aliphatic carbocycles. The molecule has 0 atom stereocenters. The van der Waals surface area contributed by atoms with Crippen LogP contribution in [0.25, 0.3) is 21.5 Å². The van der Waals surface area contributed by atoms with Crippen LogP contribution in [0.3, 0.4) is 0 Å². The summed E-state index contributed by atoms with van der Waals surface area (Å²) < 4.78 is 6.83. The third kappa shape index (κ3) is 4.67. The van der Waals surface area contributed by atoms with Crippen LogP contribution in [0.2, 0.25) is 0 Å². The highest BCUT2D eigenvalue weighted by Crippen LogP contribution is 2.30. The van der Waals surface area contributed by atoms with E-state index < -0.39 is 4.92 Å². The smallest absolute Gasteiger partial charge is 0.274 e. The number of nitro benzene ring substituents is 1. The number of piperazine rings is 1. The summed E-state index contributed by atoms with van der Waals surface area (Å²) in [4.78, 5) is 28.2. The SMILES string of the molecule is COc1ccc2cccc(N3CCN(CCCn4ncc5ccc([N+](=O)[O-])cc5c4=O)CC3)c2c1. The van der Waals surface area contributed by atoms with Crippen LogP contribution in [0.15, 0.2) is 65.6 Å². The molecular formula is C26H27N5O4. The monoisotopic (exact) mass is 473 g/mol. The maximum absolute atomic E-state index is 12.8. The largest absolute Gasteiger partial charge is 0.497 e. The zero-order valence-electron chi connectivity index (χ0n) is 19.6. The molecule has 0 amide bonds. The third-order valence-corrected chi connectivity index (χ3v) is 6.67. The first kappa shape index (κ1) is 22.8. The molecule has 2 heterocycles. The molecule has 0 bridgehead atoms. The van der Waals surface area contributed by atoms with Crippen molar-refractivity contribution in [3.05, 3.63) is 81.3 Å². The Morgan fingerprint density at radius 2 is 1.77 bits per heavy atom. The van der Waals surface area contributed by atoms with Crippen LogP contribution in [-0.4, -0.2) is 59.4 Å². The van der Waals surface area contributed by atoms with Gasteiger partial charge in [0.25, 0.3) is 11.2 Å². The molecule has 0 unspecified atom stereocenters. The van der Waals surface area contributed by atoms with Crippen LogP contribution in [0.5, 0.6) is 5.75 Å². The fourth-order valence-corrected chi connectivity index (χ4v) is 4.73. The highest BCUT2D eigenvalue weighted by molar-refractivity contribution is 5.95. The quantitative estimate of drug-likeness (QED) is 0.299. The minimum absolute atomic E-state index is 0.0881. The maximum Gasteiger partial charge on any atom is 0.274 e. The number of hydrogen-bond donors (Lipinski definition) is 0. The van der Waals surface area contributed by atoms with Gasteiger partial charge in [0.2, 0.25) is 0 Å². The number of fused-ring (bicyclic) bond motifs is 2. The zero-order valence-corrected chi connectivity index (χ0v) is 19.6. The molecule has 5 rings (SSSR count). The van der Waals surface area contributed by atoms with Crippen molar-refractivity contribution >= 4 is 32.9 Å². The normalized spacial score (nSPS) is 14.5. The second kappa shape index (κ2) is 9.71. The number of hydrogen-bond acceptors (Lipinski definition) is 7. The fraction of sp³-hybridized carbons (Fsp3) is 0.308. The Hall–Kier alpha value is -3.98. The summed E-state index contributed by atoms with van der Waals surface area (Å²) in [5, 5.41) is 18.7. The number of aryl methyl sites for hydroxylation is 1. The Balaban J connectivity index is 1.20. The molecule has 0 spiro atoms. The first-order valence-electron chi connectivity index (χ1n) is 11.7. The maximum atomic E-state index is 12.8. The standard InChI is InChI=1S/C26H27N5O4/c1-35-22-9-7-19-4-2-5-25(23(19)17-22)29-14-12-28(13-15-29)10-3-11-30-26(32)24-16-21(31(33)34)8-6-20(24)18-27-30/h2,4-9,16-18H,3,10-15H2,1H3. The van der Waals surface area contributed by atoms with Crippen molar-refractivity contribution in [2.75, 3.05) is 44.7 Å². The van der Waals surface area contributed by atoms with Gasteiger partial charge in [-0.05, 0) is 36.1 Å². The second-order valence-corrected chi connectivity index (χ2v) is 8.75. The van der Waals surface area contributed by atoms with Crippen molar-refractivity contribution in [3.63, 3.8) is 0 Å². The molecule has 9 heteroatoms. The molecule has 0 saturated carbocycles. The molecule has 1 fully saturated rings. The summed E-state index contributed by atoms with van der Waals surface area (Å²) in [6, 6.07) is 16.8. The Labute approximate surface area is 202 Å². The van der Waals surface area contributed by atoms with Crippen LogP contribution >= 0.6 is 0 Å². The summed E-state index contributed by atoms with van der Waals surface area (Å²) in [7, 11) is 1.69. The van der Waals surface area contributed by atoms with Gasteiger partial charge < -0.3 is 9.64 Å². The average Bonchev–Trinajstić information content (AvgIpc) is 2.89. The van der Waals surface area contributed by atoms with Gasteiger partial charge in [-0.2, -0.15) is 5.10 Å². The lowest BCUT2D eigenvalue weighted by molar-refractivity contribution is -0.384. The molecule has 180 valence electrons. The number of benzene rings is 3. The first-order chi connectivity index (χ1) is 17.0. The van der Waals surface area contributed by atoms with E-state index in [-0.39, 0.29) is 11.2 Å². The van der Waals surface area contributed by atoms with E-state index in [1.165, 1.54) is 33.3 Å². The van der Waals surface area contributed by atoms with Crippen molar-refractivity contribution in [3.8, 4) is 5.75 Å². The second-order valence-electron chi connectivity index (χ2n) is 8.75. The van der Waals surface area contributed by atoms with Gasteiger partial charge in [-0.15, -0.1) is 0 Å². The Morgan fingerprint density at radius 3 is 2.54 bits per heavy atom. The van der Waals surface area contributed by atoms with Gasteiger partial charge in [0.1, 0.15) is 5.75 Å². The Kier molecular flexibility index (Phi) is 6.33. The summed E-state index contributed by atoms with van der Waals surface area (Å²) >= 11 is 0. The lowest BCUT2D eigenvalue weighted by atomic mass is 10.1. The minimum Gasteiger partial charge on any atom is -0.497 e. The van der Waals surface area contributed by atoms with E-state index in [0.717, 1.165) is 44.9 Å². The molecule has 35 heavy (non-hydrogen) atoms. The van der Waals surface area contributed by atoms with Gasteiger partial charge in [0, 0.05) is 67.9 Å². The highest BCUT2D eigenvalue weighted by Gasteiger charge is 2.19. The van der Waals surface area contributed by atoms with Gasteiger partial charge in [0.05, 0.1) is 23.6 Å². The fourth-order valence-electron chi connectivity index (χ4n) is 4.73. The van der Waals surface area contributed by atoms with E-state index in [9.17, 15) is 14.9 Å². The first-order valence-corrected chi connectivity index (χ1v) is 11.7. The predicted molar refractivity (Wildman–Crippen MR) is 136 cm³/mol. The van der Waals surface area contributed by atoms with E-state index in [0.29, 0.717) is 17.3 Å². The van der Waals surface area contributed by atoms with Gasteiger partial charge in [-0.3, -0.25) is 19.8 Å². The van der Waals surface area contributed by atoms with E-state index in [2.05, 4.69) is 45.2 Å². The van der Waals surface area contributed by atoms with Gasteiger partial charge in [-0.25, -0.2) is 4.68 Å². The minimum atomic E-state index is -0.488. The number of nitrogens with zero attached hydrogens (tertiary/aromatic N) is 5. The molecule has 1 aliphatic heterocycles. The third-order valence-electron chi connectivity index (χ3n) is 6.67. The molecule has 0 N–H and O–H groups in total. The highest BCUT2D eigenvalue weighted by atomic mass is 16.6. The Morgan fingerprint density at radius 1 is 0.971 bits per heavy atom. The van der Waals surface area contributed by atoms with Crippen LogP contribution in [0.1, 0.15) is 6.42 Å². The number of ether oxygens (including phenoxy) is 1. The molecular weight excluding hydrogens is 446 g/mol. The topological polar surface area (TPSA) is 93.7 Å². The number of non-ortho nitro benzene ring substituents is 1. The Bertz CT molecular complexity index is 1440. The number of anilines is 1. The molecule has 1 saturated heterocycles. The van der Waals surface area contributed by atoms with Crippen molar-refractivity contribution in [2.24, 2.45) is 0 Å². The van der Waals surface area contributed by atoms with E-state index in [4.69, 9.17) is 4.74 Å². The predicted octanol–water partition coefficient (Wildman–Crippen LogP) is 3.68. The molecule has 1 aliphatic rings. The summed E-state index contributed by atoms with van der Waals surface area (Å²) in [5.74, 6) is 0.857. The van der Waals surface area contributed by atoms with Crippen molar-refractivity contribution < 1.29 is 9.66 Å². The molecule has 0 radical (unpaired) electrons. The van der Waals surface area contributed by atoms with Gasteiger partial charge in [-0.1, -0.05) is 18.2 Å². The number of aromatic nitrogens is 2. The van der Waals surface area contributed by atoms with Crippen LogP contribution in [-0.2, 0) is 6.54 Å². The number of nitro groups is 1. The molecule has 3 aromatic carbocycles. The average molecular weight is 474 g/mol. The van der Waals surface area contributed by atoms with Crippen LogP contribution < -0.4 is 15.2 Å². The van der Waals surface area contributed by atoms with Crippen molar-refractivity contribution in [1.29, 1.82) is 0 Å². The molecule has 9 nitrogen and oxygen atoms in total. The van der Waals surface area contributed by atoms with E-state index in [1.807, 2.05) is 6.07 Å². The number of methoxy groups -OCH3 is 1. The van der Waals surface area contributed by atoms with Crippen LogP contribution in [0, 0.1) is 10.1 Å². The van der Waals surface area contributed by atoms with Crippen molar-refractivity contribution in [2.45, 2.75) is 13.0 Å². The van der Waals surface area contributed by atoms with E-state index in [1.54, 1.807) is 19.4 Å². The lowest BCUT2D eigenvalue weighted by Gasteiger charge is -2.36. The van der Waals surface area contributed by atoms with Gasteiger partial charge in [0.15, 0.2) is 0 Å². The van der Waals surface area contributed by atoms with Gasteiger partial charge >= 0.3 is 0 Å². The zero-order chi connectivity index (χ0) is 24.4. The van der Waals surface area contributed by atoms with E-state index >= 15 is 0 Å². The molecule has 1 aromatic heterocycles.